The number of ether oxygens (including phenoxy) is 2. The van der Waals surface area contributed by atoms with E-state index in [1.165, 1.54) is 0 Å². The third-order valence-corrected chi connectivity index (χ3v) is 3.19. The van der Waals surface area contributed by atoms with Crippen LogP contribution in [-0.4, -0.2) is 25.0 Å². The Balaban J connectivity index is 1.91. The standard InChI is InChI=1S/C18H19N3O2S/c1-3-12-23-17-7-5-4-6-14(17)13-19-21-18(24)20-15-8-10-16(22-2)11-9-15/h3-11,13H,1,12H2,2H3,(H2,20,21,24)/b19-13-. The van der Waals surface area contributed by atoms with Crippen LogP contribution in [0.3, 0.4) is 0 Å². The van der Waals surface area contributed by atoms with Gasteiger partial charge < -0.3 is 14.8 Å². The third kappa shape index (κ3) is 5.40. The fraction of sp³-hybridized carbons (Fsp3) is 0.111. The van der Waals surface area contributed by atoms with E-state index in [1.807, 2.05) is 48.5 Å². The highest BCUT2D eigenvalue weighted by Crippen LogP contribution is 2.16. The minimum atomic E-state index is 0.390. The van der Waals surface area contributed by atoms with E-state index in [-0.39, 0.29) is 0 Å². The summed E-state index contributed by atoms with van der Waals surface area (Å²) in [5.74, 6) is 1.52. The number of methoxy groups -OCH3 is 1. The van der Waals surface area contributed by atoms with Crippen LogP contribution < -0.4 is 20.2 Å². The average molecular weight is 341 g/mol. The molecule has 24 heavy (non-hydrogen) atoms. The molecule has 0 atom stereocenters. The number of hydrazone groups is 1. The average Bonchev–Trinajstić information content (AvgIpc) is 2.61. The summed E-state index contributed by atoms with van der Waals surface area (Å²) in [6, 6.07) is 15.0. The first-order chi connectivity index (χ1) is 11.7. The Bertz CT molecular complexity index is 714. The summed E-state index contributed by atoms with van der Waals surface area (Å²) in [6.45, 7) is 4.08. The molecule has 0 saturated heterocycles. The van der Waals surface area contributed by atoms with E-state index in [4.69, 9.17) is 21.7 Å². The van der Waals surface area contributed by atoms with Gasteiger partial charge in [0, 0.05) is 11.3 Å². The van der Waals surface area contributed by atoms with Gasteiger partial charge in [0.1, 0.15) is 18.1 Å². The van der Waals surface area contributed by atoms with Crippen LogP contribution in [0, 0.1) is 0 Å². The molecule has 124 valence electrons. The molecule has 0 aliphatic carbocycles. The molecular weight excluding hydrogens is 322 g/mol. The fourth-order valence-corrected chi connectivity index (χ4v) is 2.03. The van der Waals surface area contributed by atoms with Crippen molar-refractivity contribution in [1.29, 1.82) is 0 Å². The van der Waals surface area contributed by atoms with Gasteiger partial charge in [-0.1, -0.05) is 24.8 Å². The second-order valence-corrected chi connectivity index (χ2v) is 5.10. The van der Waals surface area contributed by atoms with Crippen LogP contribution in [0.5, 0.6) is 11.5 Å². The van der Waals surface area contributed by atoms with Crippen LogP contribution in [0.2, 0.25) is 0 Å². The largest absolute Gasteiger partial charge is 0.497 e. The zero-order chi connectivity index (χ0) is 17.2. The van der Waals surface area contributed by atoms with Crippen LogP contribution in [-0.2, 0) is 0 Å². The quantitative estimate of drug-likeness (QED) is 0.349. The van der Waals surface area contributed by atoms with Crippen LogP contribution in [0.15, 0.2) is 66.3 Å². The molecule has 0 spiro atoms. The van der Waals surface area contributed by atoms with Gasteiger partial charge in [-0.3, -0.25) is 5.43 Å². The lowest BCUT2D eigenvalue weighted by atomic mass is 10.2. The molecule has 0 radical (unpaired) electrons. The molecule has 0 aliphatic heterocycles. The Morgan fingerprint density at radius 3 is 2.67 bits per heavy atom. The highest BCUT2D eigenvalue weighted by atomic mass is 32.1. The molecule has 0 unspecified atom stereocenters. The van der Waals surface area contributed by atoms with E-state index in [9.17, 15) is 0 Å². The van der Waals surface area contributed by atoms with Gasteiger partial charge in [-0.05, 0) is 48.6 Å². The molecule has 2 aromatic rings. The van der Waals surface area contributed by atoms with Gasteiger partial charge in [0.15, 0.2) is 5.11 Å². The Hall–Kier alpha value is -2.86. The summed E-state index contributed by atoms with van der Waals surface area (Å²) < 4.78 is 10.7. The van der Waals surface area contributed by atoms with Crippen molar-refractivity contribution < 1.29 is 9.47 Å². The minimum absolute atomic E-state index is 0.390. The lowest BCUT2D eigenvalue weighted by Crippen LogP contribution is -2.23. The zero-order valence-electron chi connectivity index (χ0n) is 13.4. The highest BCUT2D eigenvalue weighted by Gasteiger charge is 2.00. The number of nitrogens with one attached hydrogen (secondary N) is 2. The predicted molar refractivity (Wildman–Crippen MR) is 102 cm³/mol. The number of hydrogen-bond acceptors (Lipinski definition) is 4. The minimum Gasteiger partial charge on any atom is -0.497 e. The first-order valence-electron chi connectivity index (χ1n) is 7.29. The van der Waals surface area contributed by atoms with Crippen molar-refractivity contribution >= 4 is 29.2 Å². The summed E-state index contributed by atoms with van der Waals surface area (Å²) in [5, 5.41) is 7.56. The number of para-hydroxylation sites is 1. The number of thiocarbonyl (C=S) groups is 1. The van der Waals surface area contributed by atoms with E-state index >= 15 is 0 Å². The second-order valence-electron chi connectivity index (χ2n) is 4.69. The van der Waals surface area contributed by atoms with Gasteiger partial charge in [0.25, 0.3) is 0 Å². The molecule has 0 aliphatic rings. The molecule has 0 aromatic heterocycles. The fourth-order valence-electron chi connectivity index (χ4n) is 1.86. The van der Waals surface area contributed by atoms with Crippen molar-refractivity contribution in [1.82, 2.24) is 5.43 Å². The maximum absolute atomic E-state index is 5.56. The lowest BCUT2D eigenvalue weighted by Gasteiger charge is -2.08. The monoisotopic (exact) mass is 341 g/mol. The predicted octanol–water partition coefficient (Wildman–Crippen LogP) is 3.58. The number of hydrogen-bond donors (Lipinski definition) is 2. The van der Waals surface area contributed by atoms with Crippen LogP contribution in [0.25, 0.3) is 0 Å². The molecule has 5 nitrogen and oxygen atoms in total. The molecule has 0 amide bonds. The van der Waals surface area contributed by atoms with Crippen LogP contribution in [0.1, 0.15) is 5.56 Å². The third-order valence-electron chi connectivity index (χ3n) is 2.99. The molecule has 0 saturated carbocycles. The first kappa shape index (κ1) is 17.5. The van der Waals surface area contributed by atoms with Gasteiger partial charge in [0.2, 0.25) is 0 Å². The Morgan fingerprint density at radius 1 is 1.21 bits per heavy atom. The smallest absolute Gasteiger partial charge is 0.191 e. The summed E-state index contributed by atoms with van der Waals surface area (Å²) in [5.41, 5.74) is 4.47. The zero-order valence-corrected chi connectivity index (χ0v) is 14.2. The number of anilines is 1. The molecule has 6 heteroatoms. The van der Waals surface area contributed by atoms with Crippen molar-refractivity contribution in [3.05, 3.63) is 66.7 Å². The van der Waals surface area contributed by atoms with Gasteiger partial charge in [0.05, 0.1) is 13.3 Å². The normalized spacial score (nSPS) is 10.2. The number of benzene rings is 2. The van der Waals surface area contributed by atoms with Crippen molar-refractivity contribution in [2.75, 3.05) is 19.0 Å². The van der Waals surface area contributed by atoms with Gasteiger partial charge >= 0.3 is 0 Å². The van der Waals surface area contributed by atoms with Gasteiger partial charge in [-0.2, -0.15) is 5.10 Å². The van der Waals surface area contributed by atoms with E-state index in [0.717, 1.165) is 22.7 Å². The van der Waals surface area contributed by atoms with E-state index in [0.29, 0.717) is 11.7 Å². The molecular formula is C18H19N3O2S. The van der Waals surface area contributed by atoms with Gasteiger partial charge in [-0.15, -0.1) is 0 Å². The number of nitrogens with zero attached hydrogens (tertiary/aromatic N) is 1. The van der Waals surface area contributed by atoms with Crippen LogP contribution in [0.4, 0.5) is 5.69 Å². The van der Waals surface area contributed by atoms with Crippen molar-refractivity contribution in [3.63, 3.8) is 0 Å². The molecule has 2 aromatic carbocycles. The lowest BCUT2D eigenvalue weighted by molar-refractivity contribution is 0.362. The van der Waals surface area contributed by atoms with Gasteiger partial charge in [-0.25, -0.2) is 0 Å². The maximum Gasteiger partial charge on any atom is 0.191 e. The molecule has 0 bridgehead atoms. The summed E-state index contributed by atoms with van der Waals surface area (Å²) >= 11 is 5.20. The van der Waals surface area contributed by atoms with Crippen molar-refractivity contribution in [2.24, 2.45) is 5.10 Å². The second kappa shape index (κ2) is 9.32. The molecule has 0 fully saturated rings. The molecule has 0 heterocycles. The summed E-state index contributed by atoms with van der Waals surface area (Å²) in [4.78, 5) is 0. The highest BCUT2D eigenvalue weighted by molar-refractivity contribution is 7.80. The molecule has 2 N–H and O–H groups in total. The van der Waals surface area contributed by atoms with E-state index in [2.05, 4.69) is 22.4 Å². The van der Waals surface area contributed by atoms with E-state index in [1.54, 1.807) is 19.4 Å². The SMILES string of the molecule is C=CCOc1ccccc1/C=N\NC(=S)Nc1ccc(OC)cc1. The summed E-state index contributed by atoms with van der Waals surface area (Å²) in [7, 11) is 1.62. The molecule has 2 rings (SSSR count). The maximum atomic E-state index is 5.56. The Kier molecular flexibility index (Phi) is 6.79. The van der Waals surface area contributed by atoms with Crippen molar-refractivity contribution in [3.8, 4) is 11.5 Å². The first-order valence-corrected chi connectivity index (χ1v) is 7.70. The van der Waals surface area contributed by atoms with Crippen molar-refractivity contribution in [2.45, 2.75) is 0 Å². The topological polar surface area (TPSA) is 54.9 Å². The van der Waals surface area contributed by atoms with Crippen LogP contribution >= 0.6 is 12.2 Å². The Morgan fingerprint density at radius 2 is 1.96 bits per heavy atom. The Labute approximate surface area is 147 Å². The number of rotatable bonds is 7. The summed E-state index contributed by atoms with van der Waals surface area (Å²) in [6.07, 6.45) is 3.35. The van der Waals surface area contributed by atoms with E-state index < -0.39 is 0 Å².